The number of carbonyl (C=O) groups excluding carboxylic acids is 1. The van der Waals surface area contributed by atoms with Gasteiger partial charge in [0.05, 0.1) is 0 Å². The predicted octanol–water partition coefficient (Wildman–Crippen LogP) is 5.40. The maximum Gasteiger partial charge on any atom is 0.407 e. The second-order valence-corrected chi connectivity index (χ2v) is 6.68. The Morgan fingerprint density at radius 2 is 1.88 bits per heavy atom. The summed E-state index contributed by atoms with van der Waals surface area (Å²) in [6.45, 7) is 4.87. The topological polar surface area (TPSA) is 38.3 Å². The molecule has 0 spiro atoms. The zero-order valence-electron chi connectivity index (χ0n) is 14.2. The normalized spacial score (nSPS) is 12.0. The van der Waals surface area contributed by atoms with Crippen LogP contribution in [-0.2, 0) is 11.2 Å². The number of hydrogen-bond acceptors (Lipinski definition) is 2. The van der Waals surface area contributed by atoms with Crippen LogP contribution in [0.4, 0.5) is 4.79 Å². The minimum Gasteiger partial charge on any atom is -0.441 e. The molecule has 0 heterocycles. The molecule has 3 nitrogen and oxygen atoms in total. The number of amides is 1. The lowest BCUT2D eigenvalue weighted by atomic mass is 10.0. The molecule has 1 amide bonds. The molecule has 4 heteroatoms. The summed E-state index contributed by atoms with van der Waals surface area (Å²) in [6, 6.07) is 17.4. The fourth-order valence-corrected chi connectivity index (χ4v) is 2.62. The number of alkyl carbamates (subject to hydrolysis) is 1. The molecular weight excluding hydrogens is 322 g/mol. The third kappa shape index (κ3) is 6.25. The molecule has 2 aromatic carbocycles. The standard InChI is InChI=1S/C20H24ClNO2/c1-15(2)11-12-22-20(23)24-19(17-8-4-3-5-9-17)14-16-7-6-10-18(21)13-16/h3-10,13,15,19H,11-12,14H2,1-2H3,(H,22,23). The van der Waals surface area contributed by atoms with Gasteiger partial charge in [0.15, 0.2) is 0 Å². The lowest BCUT2D eigenvalue weighted by molar-refractivity contribution is 0.0972. The number of nitrogens with one attached hydrogen (secondary N) is 1. The minimum atomic E-state index is -0.383. The van der Waals surface area contributed by atoms with E-state index in [0.29, 0.717) is 23.9 Å². The molecule has 0 fully saturated rings. The van der Waals surface area contributed by atoms with Crippen LogP contribution in [0.2, 0.25) is 5.02 Å². The Bertz CT molecular complexity index is 643. The van der Waals surface area contributed by atoms with Crippen molar-refractivity contribution in [2.45, 2.75) is 32.8 Å². The quantitative estimate of drug-likeness (QED) is 0.730. The van der Waals surface area contributed by atoms with E-state index in [9.17, 15) is 4.79 Å². The van der Waals surface area contributed by atoms with Crippen LogP contribution in [0.5, 0.6) is 0 Å². The summed E-state index contributed by atoms with van der Waals surface area (Å²) in [6.07, 6.45) is 0.789. The van der Waals surface area contributed by atoms with E-state index in [1.54, 1.807) is 0 Å². The lowest BCUT2D eigenvalue weighted by Crippen LogP contribution is -2.28. The van der Waals surface area contributed by atoms with Gasteiger partial charge in [-0.1, -0.05) is 67.9 Å². The highest BCUT2D eigenvalue weighted by atomic mass is 35.5. The van der Waals surface area contributed by atoms with Crippen LogP contribution in [0, 0.1) is 5.92 Å². The molecule has 0 bridgehead atoms. The van der Waals surface area contributed by atoms with E-state index >= 15 is 0 Å². The van der Waals surface area contributed by atoms with Crippen molar-refractivity contribution in [2.75, 3.05) is 6.54 Å². The van der Waals surface area contributed by atoms with Crippen molar-refractivity contribution < 1.29 is 9.53 Å². The van der Waals surface area contributed by atoms with Crippen molar-refractivity contribution in [3.63, 3.8) is 0 Å². The van der Waals surface area contributed by atoms with E-state index in [4.69, 9.17) is 16.3 Å². The first kappa shape index (κ1) is 18.3. The Labute approximate surface area is 149 Å². The number of rotatable bonds is 7. The molecule has 24 heavy (non-hydrogen) atoms. The third-order valence-corrected chi connectivity index (χ3v) is 3.96. The summed E-state index contributed by atoms with van der Waals surface area (Å²) in [5, 5.41) is 3.51. The van der Waals surface area contributed by atoms with Gasteiger partial charge in [0.1, 0.15) is 6.10 Å². The van der Waals surface area contributed by atoms with Crippen LogP contribution in [-0.4, -0.2) is 12.6 Å². The first-order valence-corrected chi connectivity index (χ1v) is 8.66. The van der Waals surface area contributed by atoms with Crippen molar-refractivity contribution in [3.05, 3.63) is 70.7 Å². The average Bonchev–Trinajstić information content (AvgIpc) is 2.55. The number of benzene rings is 2. The van der Waals surface area contributed by atoms with E-state index in [2.05, 4.69) is 19.2 Å². The van der Waals surface area contributed by atoms with Crippen LogP contribution in [0.15, 0.2) is 54.6 Å². The van der Waals surface area contributed by atoms with Crippen LogP contribution in [0.3, 0.4) is 0 Å². The Kier molecular flexibility index (Phi) is 7.13. The Morgan fingerprint density at radius 1 is 1.12 bits per heavy atom. The molecule has 0 saturated heterocycles. The van der Waals surface area contributed by atoms with E-state index in [1.165, 1.54) is 0 Å². The van der Waals surface area contributed by atoms with E-state index < -0.39 is 0 Å². The van der Waals surface area contributed by atoms with Gasteiger partial charge in [0.2, 0.25) is 0 Å². The highest BCUT2D eigenvalue weighted by Crippen LogP contribution is 2.24. The highest BCUT2D eigenvalue weighted by molar-refractivity contribution is 6.30. The number of halogens is 1. The zero-order chi connectivity index (χ0) is 17.4. The molecule has 1 atom stereocenters. The largest absolute Gasteiger partial charge is 0.441 e. The molecule has 0 radical (unpaired) electrons. The Morgan fingerprint density at radius 3 is 2.54 bits per heavy atom. The summed E-state index contributed by atoms with van der Waals surface area (Å²) < 4.78 is 5.67. The van der Waals surface area contributed by atoms with Crippen molar-refractivity contribution in [2.24, 2.45) is 5.92 Å². The second kappa shape index (κ2) is 9.33. The first-order valence-electron chi connectivity index (χ1n) is 8.28. The molecule has 128 valence electrons. The summed E-state index contributed by atoms with van der Waals surface area (Å²) in [7, 11) is 0. The molecule has 1 unspecified atom stereocenters. The van der Waals surface area contributed by atoms with Gasteiger partial charge in [0, 0.05) is 18.0 Å². The third-order valence-electron chi connectivity index (χ3n) is 3.72. The van der Waals surface area contributed by atoms with Crippen molar-refractivity contribution in [1.29, 1.82) is 0 Å². The summed E-state index contributed by atoms with van der Waals surface area (Å²) in [4.78, 5) is 12.1. The molecule has 2 rings (SSSR count). The van der Waals surface area contributed by atoms with Crippen molar-refractivity contribution in [3.8, 4) is 0 Å². The highest BCUT2D eigenvalue weighted by Gasteiger charge is 2.17. The number of ether oxygens (including phenoxy) is 1. The fraction of sp³-hybridized carbons (Fsp3) is 0.350. The molecule has 0 aromatic heterocycles. The maximum absolute atomic E-state index is 12.1. The van der Waals surface area contributed by atoms with E-state index in [0.717, 1.165) is 17.5 Å². The molecular formula is C20H24ClNO2. The number of carbonyl (C=O) groups is 1. The van der Waals surface area contributed by atoms with Crippen LogP contribution >= 0.6 is 11.6 Å². The summed E-state index contributed by atoms with van der Waals surface area (Å²) in [5.74, 6) is 0.543. The summed E-state index contributed by atoms with van der Waals surface area (Å²) >= 11 is 6.06. The van der Waals surface area contributed by atoms with Gasteiger partial charge in [0.25, 0.3) is 0 Å². The molecule has 0 aliphatic carbocycles. The van der Waals surface area contributed by atoms with Crippen molar-refractivity contribution in [1.82, 2.24) is 5.32 Å². The molecule has 0 saturated carbocycles. The van der Waals surface area contributed by atoms with Crippen LogP contribution < -0.4 is 5.32 Å². The van der Waals surface area contributed by atoms with Gasteiger partial charge < -0.3 is 10.1 Å². The van der Waals surface area contributed by atoms with Gasteiger partial charge in [-0.05, 0) is 35.6 Å². The van der Waals surface area contributed by atoms with Gasteiger partial charge in [-0.2, -0.15) is 0 Å². The smallest absolute Gasteiger partial charge is 0.407 e. The van der Waals surface area contributed by atoms with Gasteiger partial charge >= 0.3 is 6.09 Å². The lowest BCUT2D eigenvalue weighted by Gasteiger charge is -2.19. The maximum atomic E-state index is 12.1. The molecule has 0 aliphatic rings. The van der Waals surface area contributed by atoms with Gasteiger partial charge in [-0.25, -0.2) is 4.79 Å². The second-order valence-electron chi connectivity index (χ2n) is 6.25. The molecule has 0 aliphatic heterocycles. The minimum absolute atomic E-state index is 0.344. The van der Waals surface area contributed by atoms with Gasteiger partial charge in [-0.15, -0.1) is 0 Å². The Hall–Kier alpha value is -2.00. The van der Waals surface area contributed by atoms with E-state index in [-0.39, 0.29) is 12.2 Å². The molecule has 2 aromatic rings. The first-order chi connectivity index (χ1) is 11.5. The van der Waals surface area contributed by atoms with Crippen molar-refractivity contribution >= 4 is 17.7 Å². The van der Waals surface area contributed by atoms with Gasteiger partial charge in [-0.3, -0.25) is 0 Å². The van der Waals surface area contributed by atoms with Crippen LogP contribution in [0.1, 0.15) is 37.5 Å². The van der Waals surface area contributed by atoms with E-state index in [1.807, 2.05) is 54.6 Å². The predicted molar refractivity (Wildman–Crippen MR) is 98.3 cm³/mol. The van der Waals surface area contributed by atoms with Crippen LogP contribution in [0.25, 0.3) is 0 Å². The number of hydrogen-bond donors (Lipinski definition) is 1. The summed E-state index contributed by atoms with van der Waals surface area (Å²) in [5.41, 5.74) is 2.00. The average molecular weight is 346 g/mol. The molecule has 1 N–H and O–H groups in total. The zero-order valence-corrected chi connectivity index (χ0v) is 14.9. The monoisotopic (exact) mass is 345 g/mol. The Balaban J connectivity index is 2.05. The fourth-order valence-electron chi connectivity index (χ4n) is 2.41. The SMILES string of the molecule is CC(C)CCNC(=O)OC(Cc1cccc(Cl)c1)c1ccccc1.